The van der Waals surface area contributed by atoms with E-state index in [1.54, 1.807) is 25.1 Å². The molecule has 22 heavy (non-hydrogen) atoms. The van der Waals surface area contributed by atoms with Gasteiger partial charge in [-0.1, -0.05) is 0 Å². The molecular weight excluding hydrogens is 298 g/mol. The van der Waals surface area contributed by atoms with Crippen LogP contribution in [0.15, 0.2) is 30.5 Å². The van der Waals surface area contributed by atoms with Crippen molar-refractivity contribution in [3.8, 4) is 17.0 Å². The maximum absolute atomic E-state index is 12.4. The Morgan fingerprint density at radius 3 is 2.77 bits per heavy atom. The summed E-state index contributed by atoms with van der Waals surface area (Å²) in [5, 5.41) is 9.92. The summed E-state index contributed by atoms with van der Waals surface area (Å²) in [4.78, 5) is 12.4. The number of nitrogens with zero attached hydrogens (tertiary/aromatic N) is 1. The van der Waals surface area contributed by atoms with E-state index in [1.807, 2.05) is 31.2 Å². The molecule has 118 valence electrons. The van der Waals surface area contributed by atoms with Crippen LogP contribution in [0.3, 0.4) is 0 Å². The van der Waals surface area contributed by atoms with E-state index in [2.05, 4.69) is 21.8 Å². The van der Waals surface area contributed by atoms with E-state index in [0.717, 1.165) is 29.2 Å². The number of benzene rings is 1. The molecule has 0 spiro atoms. The van der Waals surface area contributed by atoms with Gasteiger partial charge in [-0.25, -0.2) is 0 Å². The third-order valence-corrected chi connectivity index (χ3v) is 4.04. The Morgan fingerprint density at radius 2 is 2.14 bits per heavy atom. The predicted octanol–water partition coefficient (Wildman–Crippen LogP) is 2.96. The predicted molar refractivity (Wildman–Crippen MR) is 90.5 cm³/mol. The smallest absolute Gasteiger partial charge is 0.255 e. The van der Waals surface area contributed by atoms with Gasteiger partial charge in [-0.15, -0.1) is 0 Å². The van der Waals surface area contributed by atoms with Crippen molar-refractivity contribution in [3.05, 3.63) is 36.0 Å². The van der Waals surface area contributed by atoms with Crippen LogP contribution in [-0.4, -0.2) is 41.3 Å². The first-order valence-electron chi connectivity index (χ1n) is 7.13. The lowest BCUT2D eigenvalue weighted by atomic mass is 10.1. The molecule has 6 heteroatoms. The lowest BCUT2D eigenvalue weighted by Gasteiger charge is -2.13. The largest absolute Gasteiger partial charge is 0.497 e. The fourth-order valence-corrected chi connectivity index (χ4v) is 2.69. The van der Waals surface area contributed by atoms with Crippen LogP contribution in [0, 0.1) is 0 Å². The summed E-state index contributed by atoms with van der Waals surface area (Å²) in [6.07, 6.45) is 4.57. The molecule has 1 aromatic carbocycles. The van der Waals surface area contributed by atoms with Gasteiger partial charge in [0.25, 0.3) is 5.91 Å². The molecule has 1 aromatic heterocycles. The molecule has 0 fully saturated rings. The monoisotopic (exact) mass is 319 g/mol. The average Bonchev–Trinajstić information content (AvgIpc) is 3.02. The van der Waals surface area contributed by atoms with Crippen LogP contribution < -0.4 is 10.1 Å². The highest BCUT2D eigenvalue weighted by molar-refractivity contribution is 7.98. The van der Waals surface area contributed by atoms with Gasteiger partial charge in [0, 0.05) is 11.6 Å². The highest BCUT2D eigenvalue weighted by Gasteiger charge is 2.17. The van der Waals surface area contributed by atoms with Crippen LogP contribution in [-0.2, 0) is 0 Å². The number of hydrogen-bond donors (Lipinski definition) is 2. The van der Waals surface area contributed by atoms with Gasteiger partial charge in [0.15, 0.2) is 0 Å². The first-order chi connectivity index (χ1) is 10.7. The third kappa shape index (κ3) is 4.04. The molecule has 0 aliphatic rings. The summed E-state index contributed by atoms with van der Waals surface area (Å²) in [5.41, 5.74) is 2.18. The second-order valence-corrected chi connectivity index (χ2v) is 6.03. The number of H-pyrrole nitrogens is 1. The van der Waals surface area contributed by atoms with Crippen molar-refractivity contribution in [2.75, 3.05) is 19.1 Å². The lowest BCUT2D eigenvalue weighted by Crippen LogP contribution is -2.33. The van der Waals surface area contributed by atoms with Gasteiger partial charge in [0.1, 0.15) is 5.75 Å². The molecule has 0 bridgehead atoms. The molecule has 0 aliphatic heterocycles. The summed E-state index contributed by atoms with van der Waals surface area (Å²) >= 11 is 1.78. The molecule has 1 heterocycles. The normalized spacial score (nSPS) is 12.0. The standard InChI is InChI=1S/C16H21N3O2S/c1-11(8-9-22-3)18-16(20)14-10-17-19-15(14)12-4-6-13(21-2)7-5-12/h4-7,10-11H,8-9H2,1-3H3,(H,17,19)(H,18,20)/t11-/m1/s1. The summed E-state index contributed by atoms with van der Waals surface area (Å²) < 4.78 is 5.15. The Kier molecular flexibility index (Phi) is 5.89. The average molecular weight is 319 g/mol. The number of aromatic nitrogens is 2. The van der Waals surface area contributed by atoms with Gasteiger partial charge in [-0.05, 0) is 49.6 Å². The molecular formula is C16H21N3O2S. The molecule has 0 unspecified atom stereocenters. The van der Waals surface area contributed by atoms with E-state index in [-0.39, 0.29) is 11.9 Å². The number of ether oxygens (including phenoxy) is 1. The summed E-state index contributed by atoms with van der Waals surface area (Å²) in [7, 11) is 1.63. The minimum absolute atomic E-state index is 0.104. The van der Waals surface area contributed by atoms with Crippen LogP contribution in [0.25, 0.3) is 11.3 Å². The Bertz CT molecular complexity index is 610. The third-order valence-electron chi connectivity index (χ3n) is 3.40. The number of methoxy groups -OCH3 is 1. The van der Waals surface area contributed by atoms with E-state index >= 15 is 0 Å². The molecule has 0 saturated carbocycles. The molecule has 2 N–H and O–H groups in total. The van der Waals surface area contributed by atoms with Crippen molar-refractivity contribution < 1.29 is 9.53 Å². The number of carbonyl (C=O) groups is 1. The quantitative estimate of drug-likeness (QED) is 0.823. The fraction of sp³-hybridized carbons (Fsp3) is 0.375. The maximum atomic E-state index is 12.4. The van der Waals surface area contributed by atoms with Gasteiger partial charge < -0.3 is 10.1 Å². The van der Waals surface area contributed by atoms with E-state index in [4.69, 9.17) is 4.74 Å². The fourth-order valence-electron chi connectivity index (χ4n) is 2.10. The van der Waals surface area contributed by atoms with Crippen LogP contribution in [0.1, 0.15) is 23.7 Å². The highest BCUT2D eigenvalue weighted by Crippen LogP contribution is 2.23. The molecule has 2 aromatic rings. The van der Waals surface area contributed by atoms with Crippen molar-refractivity contribution in [1.29, 1.82) is 0 Å². The van der Waals surface area contributed by atoms with Gasteiger partial charge in [0.2, 0.25) is 0 Å². The molecule has 0 radical (unpaired) electrons. The minimum atomic E-state index is -0.104. The molecule has 1 amide bonds. The van der Waals surface area contributed by atoms with E-state index < -0.39 is 0 Å². The zero-order valence-corrected chi connectivity index (χ0v) is 13.9. The van der Waals surface area contributed by atoms with E-state index in [0.29, 0.717) is 5.56 Å². The summed E-state index contributed by atoms with van der Waals surface area (Å²) in [6.45, 7) is 2.02. The van der Waals surface area contributed by atoms with Gasteiger partial charge >= 0.3 is 0 Å². The molecule has 2 rings (SSSR count). The van der Waals surface area contributed by atoms with Crippen LogP contribution in [0.5, 0.6) is 5.75 Å². The lowest BCUT2D eigenvalue weighted by molar-refractivity contribution is 0.0940. The second-order valence-electron chi connectivity index (χ2n) is 5.04. The molecule has 0 aliphatic carbocycles. The van der Waals surface area contributed by atoms with Gasteiger partial charge in [-0.3, -0.25) is 9.89 Å². The summed E-state index contributed by atoms with van der Waals surface area (Å²) in [6, 6.07) is 7.66. The minimum Gasteiger partial charge on any atom is -0.497 e. The van der Waals surface area contributed by atoms with Gasteiger partial charge in [0.05, 0.1) is 24.6 Å². The Hall–Kier alpha value is -1.95. The van der Waals surface area contributed by atoms with Gasteiger partial charge in [-0.2, -0.15) is 16.9 Å². The van der Waals surface area contributed by atoms with Crippen molar-refractivity contribution >= 4 is 17.7 Å². The van der Waals surface area contributed by atoms with Crippen LogP contribution >= 0.6 is 11.8 Å². The Balaban J connectivity index is 2.12. The zero-order valence-electron chi connectivity index (χ0n) is 13.1. The first kappa shape index (κ1) is 16.4. The second kappa shape index (κ2) is 7.89. The van der Waals surface area contributed by atoms with Crippen molar-refractivity contribution in [1.82, 2.24) is 15.5 Å². The number of nitrogens with one attached hydrogen (secondary N) is 2. The van der Waals surface area contributed by atoms with Crippen molar-refractivity contribution in [2.45, 2.75) is 19.4 Å². The summed E-state index contributed by atoms with van der Waals surface area (Å²) in [5.74, 6) is 1.70. The number of carbonyl (C=O) groups excluding carboxylic acids is 1. The highest BCUT2D eigenvalue weighted by atomic mass is 32.2. The van der Waals surface area contributed by atoms with Crippen molar-refractivity contribution in [2.24, 2.45) is 0 Å². The van der Waals surface area contributed by atoms with E-state index in [1.165, 1.54) is 0 Å². The number of thioether (sulfide) groups is 1. The first-order valence-corrected chi connectivity index (χ1v) is 8.52. The molecule has 1 atom stereocenters. The number of hydrogen-bond acceptors (Lipinski definition) is 4. The Morgan fingerprint density at radius 1 is 1.41 bits per heavy atom. The van der Waals surface area contributed by atoms with Crippen LogP contribution in [0.4, 0.5) is 0 Å². The SMILES string of the molecule is COc1ccc(-c2[nH]ncc2C(=O)N[C@H](C)CCSC)cc1. The number of amides is 1. The zero-order chi connectivity index (χ0) is 15.9. The maximum Gasteiger partial charge on any atom is 0.255 e. The molecule has 5 nitrogen and oxygen atoms in total. The van der Waals surface area contributed by atoms with E-state index in [9.17, 15) is 4.79 Å². The Labute approximate surface area is 134 Å². The number of rotatable bonds is 7. The van der Waals surface area contributed by atoms with Crippen LogP contribution in [0.2, 0.25) is 0 Å². The topological polar surface area (TPSA) is 67.0 Å². The van der Waals surface area contributed by atoms with Crippen molar-refractivity contribution in [3.63, 3.8) is 0 Å². The molecule has 0 saturated heterocycles. The number of aromatic amines is 1.